The number of carbonyl (C=O) groups excluding carboxylic acids is 1. The van der Waals surface area contributed by atoms with Gasteiger partial charge in [-0.3, -0.25) is 9.59 Å². The van der Waals surface area contributed by atoms with Crippen molar-refractivity contribution in [3.63, 3.8) is 0 Å². The lowest BCUT2D eigenvalue weighted by Gasteiger charge is -2.09. The van der Waals surface area contributed by atoms with Crippen LogP contribution in [-0.2, 0) is 16.0 Å². The predicted octanol–water partition coefficient (Wildman–Crippen LogP) is 4.11. The fourth-order valence-corrected chi connectivity index (χ4v) is 2.37. The van der Waals surface area contributed by atoms with Crippen molar-refractivity contribution < 1.29 is 23.5 Å². The summed E-state index contributed by atoms with van der Waals surface area (Å²) in [5.74, 6) is -3.49. The number of anilines is 1. The van der Waals surface area contributed by atoms with Gasteiger partial charge in [-0.25, -0.2) is 8.78 Å². The van der Waals surface area contributed by atoms with Gasteiger partial charge in [0, 0.05) is 12.1 Å². The molecule has 0 bridgehead atoms. The quantitative estimate of drug-likeness (QED) is 0.792. The van der Waals surface area contributed by atoms with Crippen LogP contribution < -0.4 is 5.32 Å². The third-order valence-electron chi connectivity index (χ3n) is 3.92. The predicted molar refractivity (Wildman–Crippen MR) is 90.4 cm³/mol. The number of aryl methyl sites for hydroxylation is 1. The summed E-state index contributed by atoms with van der Waals surface area (Å²) in [6.45, 7) is 1.59. The van der Waals surface area contributed by atoms with Gasteiger partial charge in [-0.1, -0.05) is 18.2 Å². The van der Waals surface area contributed by atoms with Crippen molar-refractivity contribution in [2.24, 2.45) is 0 Å². The minimum Gasteiger partial charge on any atom is -0.481 e. The Morgan fingerprint density at radius 3 is 2.36 bits per heavy atom. The van der Waals surface area contributed by atoms with E-state index in [0.717, 1.165) is 12.1 Å². The number of aliphatic carboxylic acids is 1. The molecule has 0 fully saturated rings. The number of nitrogens with one attached hydrogen (secondary N) is 1. The molecule has 1 unspecified atom stereocenters. The lowest BCUT2D eigenvalue weighted by molar-refractivity contribution is -0.138. The number of halogens is 2. The third kappa shape index (κ3) is 5.38. The van der Waals surface area contributed by atoms with Crippen molar-refractivity contribution in [3.05, 3.63) is 65.2 Å². The van der Waals surface area contributed by atoms with Crippen LogP contribution in [0.5, 0.6) is 0 Å². The molecule has 0 aliphatic heterocycles. The number of carboxylic acids is 1. The first-order valence-electron chi connectivity index (χ1n) is 7.93. The molecule has 0 radical (unpaired) electrons. The second-order valence-corrected chi connectivity index (χ2v) is 5.83. The van der Waals surface area contributed by atoms with Gasteiger partial charge in [0.25, 0.3) is 0 Å². The van der Waals surface area contributed by atoms with Gasteiger partial charge < -0.3 is 10.4 Å². The van der Waals surface area contributed by atoms with E-state index in [1.54, 1.807) is 31.2 Å². The number of hydrogen-bond donors (Lipinski definition) is 2. The average molecular weight is 347 g/mol. The Kier molecular flexibility index (Phi) is 6.22. The Bertz CT molecular complexity index is 760. The lowest BCUT2D eigenvalue weighted by Crippen LogP contribution is -2.12. The number of hydrogen-bond acceptors (Lipinski definition) is 2. The molecule has 0 aromatic heterocycles. The van der Waals surface area contributed by atoms with E-state index >= 15 is 0 Å². The van der Waals surface area contributed by atoms with Crippen LogP contribution in [0.15, 0.2) is 42.5 Å². The topological polar surface area (TPSA) is 66.4 Å². The molecule has 0 spiro atoms. The van der Waals surface area contributed by atoms with E-state index in [1.165, 1.54) is 6.07 Å². The summed E-state index contributed by atoms with van der Waals surface area (Å²) in [5.41, 5.74) is 1.88. The minimum atomic E-state index is -0.908. The molecule has 0 heterocycles. The van der Waals surface area contributed by atoms with E-state index in [-0.39, 0.29) is 12.3 Å². The number of carbonyl (C=O) groups is 2. The summed E-state index contributed by atoms with van der Waals surface area (Å²) in [6.07, 6.45) is 1.22. The standard InChI is InChI=1S/C19H19F2NO3/c1-12(19(24)25)14-6-8-15(9-7-14)22-18(23)4-2-3-13-5-10-16(20)17(21)11-13/h5-12H,2-4H2,1H3,(H,22,23)(H,24,25). The number of carboxylic acid groups (broad SMARTS) is 1. The van der Waals surface area contributed by atoms with Crippen LogP contribution in [0, 0.1) is 11.6 Å². The van der Waals surface area contributed by atoms with E-state index in [4.69, 9.17) is 5.11 Å². The molecule has 1 amide bonds. The summed E-state index contributed by atoms with van der Waals surface area (Å²) in [4.78, 5) is 22.8. The first-order chi connectivity index (χ1) is 11.9. The summed E-state index contributed by atoms with van der Waals surface area (Å²) in [5, 5.41) is 11.7. The maximum atomic E-state index is 13.1. The number of benzene rings is 2. The Balaban J connectivity index is 1.81. The van der Waals surface area contributed by atoms with Gasteiger partial charge in [0.1, 0.15) is 0 Å². The Hall–Kier alpha value is -2.76. The van der Waals surface area contributed by atoms with Crippen molar-refractivity contribution in [1.82, 2.24) is 0 Å². The van der Waals surface area contributed by atoms with E-state index in [0.29, 0.717) is 29.7 Å². The molecular formula is C19H19F2NO3. The van der Waals surface area contributed by atoms with Gasteiger partial charge >= 0.3 is 5.97 Å². The van der Waals surface area contributed by atoms with E-state index < -0.39 is 23.5 Å². The molecule has 0 aliphatic carbocycles. The highest BCUT2D eigenvalue weighted by atomic mass is 19.2. The zero-order chi connectivity index (χ0) is 18.4. The largest absolute Gasteiger partial charge is 0.481 e. The molecule has 2 aromatic carbocycles. The summed E-state index contributed by atoms with van der Waals surface area (Å²) >= 11 is 0. The third-order valence-corrected chi connectivity index (χ3v) is 3.92. The first kappa shape index (κ1) is 18.6. The molecule has 4 nitrogen and oxygen atoms in total. The molecule has 0 saturated heterocycles. The highest BCUT2D eigenvalue weighted by Crippen LogP contribution is 2.18. The summed E-state index contributed by atoms with van der Waals surface area (Å²) in [6, 6.07) is 10.3. The Labute approximate surface area is 144 Å². The van der Waals surface area contributed by atoms with Gasteiger partial charge in [-0.15, -0.1) is 0 Å². The van der Waals surface area contributed by atoms with Crippen LogP contribution in [0.4, 0.5) is 14.5 Å². The number of amides is 1. The molecule has 25 heavy (non-hydrogen) atoms. The maximum absolute atomic E-state index is 13.1. The first-order valence-corrected chi connectivity index (χ1v) is 7.93. The second kappa shape index (κ2) is 8.37. The molecule has 2 N–H and O–H groups in total. The monoisotopic (exact) mass is 347 g/mol. The molecular weight excluding hydrogens is 328 g/mol. The van der Waals surface area contributed by atoms with Crippen LogP contribution in [0.3, 0.4) is 0 Å². The highest BCUT2D eigenvalue weighted by molar-refractivity contribution is 5.90. The van der Waals surface area contributed by atoms with Crippen molar-refractivity contribution in [1.29, 1.82) is 0 Å². The van der Waals surface area contributed by atoms with Crippen molar-refractivity contribution in [2.75, 3.05) is 5.32 Å². The SMILES string of the molecule is CC(C(=O)O)c1ccc(NC(=O)CCCc2ccc(F)c(F)c2)cc1. The van der Waals surface area contributed by atoms with Crippen LogP contribution in [0.1, 0.15) is 36.8 Å². The Morgan fingerprint density at radius 1 is 1.08 bits per heavy atom. The molecule has 132 valence electrons. The van der Waals surface area contributed by atoms with Crippen LogP contribution in [0.25, 0.3) is 0 Å². The molecule has 2 rings (SSSR count). The van der Waals surface area contributed by atoms with Crippen LogP contribution in [-0.4, -0.2) is 17.0 Å². The molecule has 1 atom stereocenters. The van der Waals surface area contributed by atoms with Crippen molar-refractivity contribution in [3.8, 4) is 0 Å². The fourth-order valence-electron chi connectivity index (χ4n) is 2.37. The zero-order valence-corrected chi connectivity index (χ0v) is 13.8. The molecule has 0 aliphatic rings. The van der Waals surface area contributed by atoms with E-state index in [9.17, 15) is 18.4 Å². The van der Waals surface area contributed by atoms with Gasteiger partial charge in [-0.05, 0) is 55.2 Å². The fraction of sp³-hybridized carbons (Fsp3) is 0.263. The Morgan fingerprint density at radius 2 is 1.76 bits per heavy atom. The highest BCUT2D eigenvalue weighted by Gasteiger charge is 2.13. The van der Waals surface area contributed by atoms with Crippen LogP contribution in [0.2, 0.25) is 0 Å². The van der Waals surface area contributed by atoms with Crippen LogP contribution >= 0.6 is 0 Å². The zero-order valence-electron chi connectivity index (χ0n) is 13.8. The van der Waals surface area contributed by atoms with Gasteiger partial charge in [0.15, 0.2) is 11.6 Å². The van der Waals surface area contributed by atoms with Gasteiger partial charge in [0.2, 0.25) is 5.91 Å². The van der Waals surface area contributed by atoms with Gasteiger partial charge in [-0.2, -0.15) is 0 Å². The molecule has 0 saturated carbocycles. The van der Waals surface area contributed by atoms with Crippen molar-refractivity contribution >= 4 is 17.6 Å². The second-order valence-electron chi connectivity index (χ2n) is 5.83. The average Bonchev–Trinajstić information content (AvgIpc) is 2.58. The molecule has 2 aromatic rings. The van der Waals surface area contributed by atoms with Crippen molar-refractivity contribution in [2.45, 2.75) is 32.1 Å². The smallest absolute Gasteiger partial charge is 0.310 e. The summed E-state index contributed by atoms with van der Waals surface area (Å²) in [7, 11) is 0. The lowest BCUT2D eigenvalue weighted by atomic mass is 10.0. The minimum absolute atomic E-state index is 0.193. The van der Waals surface area contributed by atoms with Gasteiger partial charge in [0.05, 0.1) is 5.92 Å². The molecule has 6 heteroatoms. The summed E-state index contributed by atoms with van der Waals surface area (Å²) < 4.78 is 25.9. The normalized spacial score (nSPS) is 11.8. The van der Waals surface area contributed by atoms with E-state index in [1.807, 2.05) is 0 Å². The number of rotatable bonds is 7. The maximum Gasteiger partial charge on any atom is 0.310 e. The van der Waals surface area contributed by atoms with E-state index in [2.05, 4.69) is 5.32 Å².